The molecule has 2 aromatic carbocycles. The van der Waals surface area contributed by atoms with Crippen LogP contribution in [0.2, 0.25) is 0 Å². The molecule has 5 rings (SSSR count). The van der Waals surface area contributed by atoms with E-state index in [9.17, 15) is 26.4 Å². The molecule has 0 saturated carbocycles. The number of alkyl halides is 3. The van der Waals surface area contributed by atoms with Gasteiger partial charge in [-0.3, -0.25) is 0 Å². The van der Waals surface area contributed by atoms with Crippen molar-refractivity contribution in [1.29, 1.82) is 0 Å². The van der Waals surface area contributed by atoms with Gasteiger partial charge in [0.25, 0.3) is 10.0 Å². The average Bonchev–Trinajstić information content (AvgIpc) is 3.26. The number of hydrogen-bond acceptors (Lipinski definition) is 6. The predicted octanol–water partition coefficient (Wildman–Crippen LogP) is 4.60. The minimum Gasteiger partial charge on any atom is -0.490 e. The summed E-state index contributed by atoms with van der Waals surface area (Å²) in [6.07, 6.45) is -3.55. The minimum absolute atomic E-state index is 0.0398. The number of hydrogen-bond donors (Lipinski definition) is 1. The Hall–Kier alpha value is -4.06. The van der Waals surface area contributed by atoms with Gasteiger partial charge in [-0.1, -0.05) is 12.1 Å². The summed E-state index contributed by atoms with van der Waals surface area (Å²) in [5.41, 5.74) is 0.577. The first-order valence-electron chi connectivity index (χ1n) is 11.6. The molecule has 3 heterocycles. The largest absolute Gasteiger partial charge is 0.490 e. The van der Waals surface area contributed by atoms with Crippen molar-refractivity contribution in [3.8, 4) is 5.75 Å². The van der Waals surface area contributed by atoms with Crippen molar-refractivity contribution in [2.24, 2.45) is 0 Å². The van der Waals surface area contributed by atoms with Crippen LogP contribution >= 0.6 is 0 Å². The lowest BCUT2D eigenvalue weighted by Crippen LogP contribution is -2.29. The fourth-order valence-electron chi connectivity index (χ4n) is 4.40. The molecule has 0 unspecified atom stereocenters. The van der Waals surface area contributed by atoms with E-state index in [1.54, 1.807) is 18.2 Å². The highest BCUT2D eigenvalue weighted by Gasteiger charge is 2.33. The molecule has 0 radical (unpaired) electrons. The van der Waals surface area contributed by atoms with Gasteiger partial charge in [-0.15, -0.1) is 0 Å². The van der Waals surface area contributed by atoms with Crippen molar-refractivity contribution in [3.05, 3.63) is 83.2 Å². The number of aryl methyl sites for hydroxylation is 2. The summed E-state index contributed by atoms with van der Waals surface area (Å²) in [6, 6.07) is 12.8. The van der Waals surface area contributed by atoms with Gasteiger partial charge < -0.3 is 14.7 Å². The van der Waals surface area contributed by atoms with Crippen LogP contribution in [0.4, 0.5) is 18.9 Å². The van der Waals surface area contributed by atoms with Crippen LogP contribution in [0, 0.1) is 0 Å². The third-order valence-corrected chi connectivity index (χ3v) is 8.17. The summed E-state index contributed by atoms with van der Waals surface area (Å²) in [5.74, 6) is -0.538. The molecule has 0 spiro atoms. The number of rotatable bonds is 6. The number of anilines is 1. The lowest BCUT2D eigenvalue weighted by Gasteiger charge is -2.28. The summed E-state index contributed by atoms with van der Waals surface area (Å²) < 4.78 is 74.5. The summed E-state index contributed by atoms with van der Waals surface area (Å²) in [4.78, 5) is 16.8. The van der Waals surface area contributed by atoms with E-state index in [1.165, 1.54) is 30.3 Å². The molecule has 0 amide bonds. The third kappa shape index (κ3) is 4.67. The second-order valence-electron chi connectivity index (χ2n) is 8.94. The summed E-state index contributed by atoms with van der Waals surface area (Å²) in [5, 5.41) is 9.14. The van der Waals surface area contributed by atoms with E-state index in [0.717, 1.165) is 15.6 Å². The van der Waals surface area contributed by atoms with Crippen LogP contribution in [0.15, 0.2) is 65.7 Å². The Bertz CT molecular complexity index is 1650. The minimum atomic E-state index is -4.64. The molecule has 0 saturated heterocycles. The first-order valence-corrected chi connectivity index (χ1v) is 13.0. The Morgan fingerprint density at radius 3 is 2.50 bits per heavy atom. The van der Waals surface area contributed by atoms with E-state index in [2.05, 4.69) is 4.98 Å². The highest BCUT2D eigenvalue weighted by molar-refractivity contribution is 7.90. The van der Waals surface area contributed by atoms with Crippen LogP contribution in [-0.2, 0) is 29.0 Å². The topological polar surface area (TPSA) is 102 Å². The van der Waals surface area contributed by atoms with Gasteiger partial charge >= 0.3 is 12.1 Å². The third-order valence-electron chi connectivity index (χ3n) is 6.43. The van der Waals surface area contributed by atoms with Crippen molar-refractivity contribution in [1.82, 2.24) is 8.96 Å². The zero-order chi connectivity index (χ0) is 27.2. The smallest absolute Gasteiger partial charge is 0.417 e. The van der Waals surface area contributed by atoms with Gasteiger partial charge in [0.15, 0.2) is 5.65 Å². The second-order valence-corrected chi connectivity index (χ2v) is 10.7. The van der Waals surface area contributed by atoms with E-state index in [4.69, 9.17) is 9.84 Å². The molecule has 2 aromatic heterocycles. The van der Waals surface area contributed by atoms with Gasteiger partial charge in [0.2, 0.25) is 0 Å². The van der Waals surface area contributed by atoms with E-state index in [-0.39, 0.29) is 33.6 Å². The molecular formula is C26H22F3N3O5S. The first-order chi connectivity index (χ1) is 17.9. The van der Waals surface area contributed by atoms with Crippen molar-refractivity contribution in [2.75, 3.05) is 25.1 Å². The van der Waals surface area contributed by atoms with Crippen LogP contribution < -0.4 is 9.64 Å². The van der Waals surface area contributed by atoms with Crippen molar-refractivity contribution in [3.63, 3.8) is 0 Å². The Balaban J connectivity index is 1.60. The Kier molecular flexibility index (Phi) is 6.30. The molecule has 198 valence electrons. The molecule has 1 aliphatic rings. The van der Waals surface area contributed by atoms with E-state index >= 15 is 0 Å². The van der Waals surface area contributed by atoms with Gasteiger partial charge in [-0.05, 0) is 60.9 Å². The number of carboxylic acids is 1. The van der Waals surface area contributed by atoms with Crippen molar-refractivity contribution < 1.29 is 36.2 Å². The lowest BCUT2D eigenvalue weighted by atomic mass is 10.1. The number of carboxylic acid groups (broad SMARTS) is 1. The molecule has 0 fully saturated rings. The summed E-state index contributed by atoms with van der Waals surface area (Å²) >= 11 is 0. The van der Waals surface area contributed by atoms with Crippen LogP contribution in [0.1, 0.15) is 27.2 Å². The summed E-state index contributed by atoms with van der Waals surface area (Å²) in [7, 11) is -2.46. The number of aromatic nitrogens is 2. The molecule has 0 aliphatic carbocycles. The second kappa shape index (κ2) is 9.35. The Labute approximate surface area is 216 Å². The fraction of sp³-hybridized carbons (Fsp3) is 0.231. The van der Waals surface area contributed by atoms with Gasteiger partial charge in [-0.25, -0.2) is 22.2 Å². The molecular weight excluding hydrogens is 523 g/mol. The maximum absolute atomic E-state index is 13.9. The molecule has 4 aromatic rings. The number of nitrogens with zero attached hydrogens (tertiary/aromatic N) is 3. The molecule has 0 bridgehead atoms. The number of fused-ring (bicyclic) bond motifs is 2. The van der Waals surface area contributed by atoms with Gasteiger partial charge in [-0.2, -0.15) is 13.2 Å². The van der Waals surface area contributed by atoms with Crippen molar-refractivity contribution >= 4 is 32.7 Å². The van der Waals surface area contributed by atoms with Gasteiger partial charge in [0.1, 0.15) is 12.4 Å². The van der Waals surface area contributed by atoms with Crippen molar-refractivity contribution in [2.45, 2.75) is 23.9 Å². The summed E-state index contributed by atoms with van der Waals surface area (Å²) in [6.45, 7) is 1.03. The molecule has 1 N–H and O–H groups in total. The average molecular weight is 546 g/mol. The highest BCUT2D eigenvalue weighted by atomic mass is 32.2. The highest BCUT2D eigenvalue weighted by Crippen LogP contribution is 2.36. The molecule has 1 aliphatic heterocycles. The van der Waals surface area contributed by atoms with E-state index in [0.29, 0.717) is 37.2 Å². The van der Waals surface area contributed by atoms with Crippen LogP contribution in [0.25, 0.3) is 11.0 Å². The Morgan fingerprint density at radius 1 is 1.08 bits per heavy atom. The predicted molar refractivity (Wildman–Crippen MR) is 133 cm³/mol. The van der Waals surface area contributed by atoms with Gasteiger partial charge in [0.05, 0.1) is 28.3 Å². The Morgan fingerprint density at radius 2 is 1.82 bits per heavy atom. The number of ether oxygens (including phenoxy) is 1. The first kappa shape index (κ1) is 25.6. The lowest BCUT2D eigenvalue weighted by molar-refractivity contribution is -0.137. The zero-order valence-corrected chi connectivity index (χ0v) is 20.9. The number of aromatic carboxylic acids is 1. The number of carbonyl (C=O) groups is 1. The molecule has 0 atom stereocenters. The van der Waals surface area contributed by atoms with Gasteiger partial charge in [0, 0.05) is 24.3 Å². The normalized spacial score (nSPS) is 13.8. The number of halogens is 3. The standard InChI is InChI=1S/C26H22F3N3O5S/c1-31-10-11-37-23-9-8-21(14-22(23)31)38(35,36)32-20(7-4-16-2-5-17(6-3-16)25(33)34)13-18-12-19(26(27,28)29)15-30-24(18)32/h2-3,5-6,8-9,12-15H,4,7,10-11H2,1H3,(H,33,34). The monoisotopic (exact) mass is 545 g/mol. The molecule has 8 nitrogen and oxygen atoms in total. The number of likely N-dealkylation sites (N-methyl/N-ethyl adjacent to an activating group) is 1. The fourth-order valence-corrected chi connectivity index (χ4v) is 5.95. The number of benzene rings is 2. The number of pyridine rings is 1. The maximum Gasteiger partial charge on any atom is 0.417 e. The maximum atomic E-state index is 13.9. The van der Waals surface area contributed by atoms with Crippen LogP contribution in [0.3, 0.4) is 0 Å². The SMILES string of the molecule is CN1CCOc2ccc(S(=O)(=O)n3c(CCc4ccc(C(=O)O)cc4)cc4cc(C(F)(F)F)cnc43)cc21. The van der Waals surface area contributed by atoms with E-state index < -0.39 is 27.7 Å². The van der Waals surface area contributed by atoms with Crippen LogP contribution in [-0.4, -0.2) is 48.6 Å². The molecule has 12 heteroatoms. The molecule has 38 heavy (non-hydrogen) atoms. The van der Waals surface area contributed by atoms with Crippen LogP contribution in [0.5, 0.6) is 5.75 Å². The quantitative estimate of drug-likeness (QED) is 0.378. The zero-order valence-electron chi connectivity index (χ0n) is 20.1. The van der Waals surface area contributed by atoms with E-state index in [1.807, 2.05) is 11.9 Å².